The fourth-order valence-electron chi connectivity index (χ4n) is 6.83. The fraction of sp³-hybridized carbons (Fsp3) is 0. The number of pyridine rings is 1. The van der Waals surface area contributed by atoms with Crippen molar-refractivity contribution in [1.29, 1.82) is 0 Å². The molecule has 3 nitrogen and oxygen atoms in total. The molecule has 0 fully saturated rings. The summed E-state index contributed by atoms with van der Waals surface area (Å²) in [7, 11) is 0. The van der Waals surface area contributed by atoms with Gasteiger partial charge in [-0.3, -0.25) is 4.98 Å². The topological polar surface area (TPSA) is 22.8 Å². The standard InChI is InChI=1S/C41H27N3/c1-5-15-37-33(10-1)34-11-2-6-16-38(34)43(37)30-23-19-28(20-24-30)32-14-9-27-42-41(32)29-21-25-31(26-22-29)44-39-17-7-3-12-35(39)36-13-4-8-18-40(36)44/h1-27H. The average Bonchev–Trinajstić information content (AvgIpc) is 3.62. The molecule has 6 aromatic carbocycles. The Morgan fingerprint density at radius 1 is 0.341 bits per heavy atom. The van der Waals surface area contributed by atoms with Crippen LogP contribution >= 0.6 is 0 Å². The molecule has 0 spiro atoms. The van der Waals surface area contributed by atoms with E-state index in [2.05, 4.69) is 161 Å². The van der Waals surface area contributed by atoms with Gasteiger partial charge < -0.3 is 9.13 Å². The maximum absolute atomic E-state index is 4.86. The maximum Gasteiger partial charge on any atom is 0.0780 e. The van der Waals surface area contributed by atoms with Gasteiger partial charge in [0.1, 0.15) is 0 Å². The first-order valence-corrected chi connectivity index (χ1v) is 15.0. The van der Waals surface area contributed by atoms with Gasteiger partial charge in [-0.15, -0.1) is 0 Å². The third-order valence-electron chi connectivity index (χ3n) is 8.80. The second-order valence-corrected chi connectivity index (χ2v) is 11.2. The van der Waals surface area contributed by atoms with Crippen molar-refractivity contribution in [3.63, 3.8) is 0 Å². The first-order valence-electron chi connectivity index (χ1n) is 15.0. The number of para-hydroxylation sites is 4. The SMILES string of the molecule is c1cnc(-c2ccc(-n3c4ccccc4c4ccccc43)cc2)c(-c2ccc(-n3c4ccccc4c4ccccc43)cc2)c1. The molecule has 0 bridgehead atoms. The molecule has 0 aliphatic rings. The molecule has 3 aromatic heterocycles. The molecular weight excluding hydrogens is 534 g/mol. The number of aromatic nitrogens is 3. The Kier molecular flexibility index (Phi) is 5.50. The predicted octanol–water partition coefficient (Wildman–Crippen LogP) is 10.6. The van der Waals surface area contributed by atoms with Crippen molar-refractivity contribution >= 4 is 43.6 Å². The van der Waals surface area contributed by atoms with Gasteiger partial charge >= 0.3 is 0 Å². The van der Waals surface area contributed by atoms with E-state index < -0.39 is 0 Å². The van der Waals surface area contributed by atoms with Gasteiger partial charge in [0.15, 0.2) is 0 Å². The molecule has 0 N–H and O–H groups in total. The number of benzene rings is 6. The Labute approximate surface area is 254 Å². The molecule has 206 valence electrons. The zero-order chi connectivity index (χ0) is 29.0. The summed E-state index contributed by atoms with van der Waals surface area (Å²) in [4.78, 5) is 4.86. The van der Waals surface area contributed by atoms with Gasteiger partial charge in [-0.2, -0.15) is 0 Å². The normalized spacial score (nSPS) is 11.6. The zero-order valence-electron chi connectivity index (χ0n) is 23.9. The van der Waals surface area contributed by atoms with E-state index in [9.17, 15) is 0 Å². The summed E-state index contributed by atoms with van der Waals surface area (Å²) in [5, 5.41) is 5.07. The number of hydrogen-bond donors (Lipinski definition) is 0. The van der Waals surface area contributed by atoms with Gasteiger partial charge in [0.25, 0.3) is 0 Å². The van der Waals surface area contributed by atoms with E-state index >= 15 is 0 Å². The van der Waals surface area contributed by atoms with Gasteiger partial charge in [0.2, 0.25) is 0 Å². The minimum absolute atomic E-state index is 0.978. The van der Waals surface area contributed by atoms with E-state index in [-0.39, 0.29) is 0 Å². The van der Waals surface area contributed by atoms with E-state index in [1.54, 1.807) is 0 Å². The van der Waals surface area contributed by atoms with Crippen LogP contribution in [0.3, 0.4) is 0 Å². The van der Waals surface area contributed by atoms with Crippen LogP contribution in [-0.4, -0.2) is 14.1 Å². The molecule has 3 heterocycles. The predicted molar refractivity (Wildman–Crippen MR) is 184 cm³/mol. The van der Waals surface area contributed by atoms with Crippen LogP contribution < -0.4 is 0 Å². The molecule has 0 radical (unpaired) electrons. The van der Waals surface area contributed by atoms with E-state index in [0.29, 0.717) is 0 Å². The first kappa shape index (κ1) is 24.6. The lowest BCUT2D eigenvalue weighted by Crippen LogP contribution is -1.95. The van der Waals surface area contributed by atoms with Crippen LogP contribution in [0.2, 0.25) is 0 Å². The monoisotopic (exact) mass is 561 g/mol. The number of nitrogens with zero attached hydrogens (tertiary/aromatic N) is 3. The summed E-state index contributed by atoms with van der Waals surface area (Å²) < 4.78 is 4.70. The fourth-order valence-corrected chi connectivity index (χ4v) is 6.83. The second-order valence-electron chi connectivity index (χ2n) is 11.2. The second kappa shape index (κ2) is 9.82. The first-order chi connectivity index (χ1) is 21.8. The summed E-state index contributed by atoms with van der Waals surface area (Å²) in [6, 6.07) is 56.4. The summed E-state index contributed by atoms with van der Waals surface area (Å²) in [6.07, 6.45) is 1.88. The molecule has 9 rings (SSSR count). The van der Waals surface area contributed by atoms with Crippen molar-refractivity contribution in [2.75, 3.05) is 0 Å². The summed E-state index contributed by atoms with van der Waals surface area (Å²) in [5.41, 5.74) is 11.5. The van der Waals surface area contributed by atoms with E-state index in [0.717, 1.165) is 33.8 Å². The third kappa shape index (κ3) is 3.73. The van der Waals surface area contributed by atoms with Crippen LogP contribution in [0, 0.1) is 0 Å². The molecule has 0 unspecified atom stereocenters. The minimum atomic E-state index is 0.978. The highest BCUT2D eigenvalue weighted by molar-refractivity contribution is 6.10. The van der Waals surface area contributed by atoms with Crippen LogP contribution in [0.25, 0.3) is 77.4 Å². The van der Waals surface area contributed by atoms with Crippen LogP contribution in [0.15, 0.2) is 164 Å². The molecule has 3 heteroatoms. The molecule has 0 aliphatic heterocycles. The number of rotatable bonds is 4. The average molecular weight is 562 g/mol. The molecule has 44 heavy (non-hydrogen) atoms. The highest BCUT2D eigenvalue weighted by Crippen LogP contribution is 2.36. The Hall–Kier alpha value is -5.93. The van der Waals surface area contributed by atoms with Crippen molar-refractivity contribution in [1.82, 2.24) is 14.1 Å². The largest absolute Gasteiger partial charge is 0.309 e. The lowest BCUT2D eigenvalue weighted by atomic mass is 9.99. The van der Waals surface area contributed by atoms with Crippen LogP contribution in [0.4, 0.5) is 0 Å². The minimum Gasteiger partial charge on any atom is -0.309 e. The molecule has 0 atom stereocenters. The highest BCUT2D eigenvalue weighted by atomic mass is 15.0. The Balaban J connectivity index is 1.11. The maximum atomic E-state index is 4.86. The van der Waals surface area contributed by atoms with Crippen LogP contribution in [0.5, 0.6) is 0 Å². The van der Waals surface area contributed by atoms with Crippen molar-refractivity contribution in [3.05, 3.63) is 164 Å². The lowest BCUT2D eigenvalue weighted by molar-refractivity contribution is 1.18. The van der Waals surface area contributed by atoms with Gasteiger partial charge in [-0.05, 0) is 60.2 Å². The third-order valence-corrected chi connectivity index (χ3v) is 8.80. The van der Waals surface area contributed by atoms with Crippen molar-refractivity contribution in [3.8, 4) is 33.8 Å². The van der Waals surface area contributed by atoms with Crippen molar-refractivity contribution in [2.24, 2.45) is 0 Å². The molecule has 0 amide bonds. The van der Waals surface area contributed by atoms with Crippen LogP contribution in [-0.2, 0) is 0 Å². The lowest BCUT2D eigenvalue weighted by Gasteiger charge is -2.13. The van der Waals surface area contributed by atoms with E-state index in [1.165, 1.54) is 43.6 Å². The number of fused-ring (bicyclic) bond motifs is 6. The summed E-state index contributed by atoms with van der Waals surface area (Å²) in [5.74, 6) is 0. The summed E-state index contributed by atoms with van der Waals surface area (Å²) in [6.45, 7) is 0. The van der Waals surface area contributed by atoms with Crippen molar-refractivity contribution < 1.29 is 0 Å². The molecular formula is C41H27N3. The van der Waals surface area contributed by atoms with Gasteiger partial charge in [-0.1, -0.05) is 103 Å². The molecule has 0 saturated heterocycles. The van der Waals surface area contributed by atoms with Gasteiger partial charge in [0, 0.05) is 50.2 Å². The molecule has 9 aromatic rings. The highest BCUT2D eigenvalue weighted by Gasteiger charge is 2.15. The van der Waals surface area contributed by atoms with Crippen LogP contribution in [0.1, 0.15) is 0 Å². The number of hydrogen-bond acceptors (Lipinski definition) is 1. The van der Waals surface area contributed by atoms with Gasteiger partial charge in [-0.25, -0.2) is 0 Å². The Bertz CT molecular complexity index is 2200. The Morgan fingerprint density at radius 3 is 1.16 bits per heavy atom. The molecule has 0 saturated carbocycles. The summed E-state index contributed by atoms with van der Waals surface area (Å²) >= 11 is 0. The van der Waals surface area contributed by atoms with Crippen molar-refractivity contribution in [2.45, 2.75) is 0 Å². The smallest absolute Gasteiger partial charge is 0.0780 e. The van der Waals surface area contributed by atoms with E-state index in [1.807, 2.05) is 12.3 Å². The van der Waals surface area contributed by atoms with Gasteiger partial charge in [0.05, 0.1) is 27.8 Å². The Morgan fingerprint density at radius 2 is 0.727 bits per heavy atom. The van der Waals surface area contributed by atoms with E-state index in [4.69, 9.17) is 4.98 Å². The zero-order valence-corrected chi connectivity index (χ0v) is 23.9. The molecule has 0 aliphatic carbocycles. The quantitative estimate of drug-likeness (QED) is 0.210.